The van der Waals surface area contributed by atoms with Gasteiger partial charge in [-0.1, -0.05) is 3.97 Å². The largest absolute Gasteiger partial charge is 0.494 e. The van der Waals surface area contributed by atoms with Gasteiger partial charge < -0.3 is 19.6 Å². The minimum absolute atomic E-state index is 0.0207. The minimum atomic E-state index is -4.30. The Hall–Kier alpha value is -2.62. The molecule has 0 aliphatic rings. The first kappa shape index (κ1) is 18.7. The summed E-state index contributed by atoms with van der Waals surface area (Å²) >= 11 is 0. The molecule has 0 amide bonds. The van der Waals surface area contributed by atoms with Crippen LogP contribution in [-0.4, -0.2) is 35.5 Å². The van der Waals surface area contributed by atoms with Gasteiger partial charge in [0.1, 0.15) is 17.7 Å². The summed E-state index contributed by atoms with van der Waals surface area (Å²) in [5.41, 5.74) is 0.695. The van der Waals surface area contributed by atoms with Crippen LogP contribution in [-0.2, 0) is 10.0 Å². The van der Waals surface area contributed by atoms with E-state index in [9.17, 15) is 18.5 Å². The smallest absolute Gasteiger partial charge is 0.358 e. The molecule has 136 valence electrons. The van der Waals surface area contributed by atoms with E-state index in [1.54, 1.807) is 26.8 Å². The van der Waals surface area contributed by atoms with E-state index in [0.29, 0.717) is 21.9 Å². The minimum Gasteiger partial charge on any atom is -0.494 e. The zero-order chi connectivity index (χ0) is 18.8. The third kappa shape index (κ3) is 3.43. The first-order valence-electron chi connectivity index (χ1n) is 7.58. The number of benzene rings is 1. The van der Waals surface area contributed by atoms with E-state index in [1.165, 1.54) is 13.0 Å². The molecule has 1 heterocycles. The van der Waals surface area contributed by atoms with Crippen LogP contribution in [0.5, 0.6) is 11.5 Å². The van der Waals surface area contributed by atoms with Crippen LogP contribution in [0.3, 0.4) is 0 Å². The molecule has 0 bridgehead atoms. The van der Waals surface area contributed by atoms with E-state index in [1.807, 2.05) is 0 Å². The number of hydrogen-bond acceptors (Lipinski definition) is 7. The third-order valence-corrected chi connectivity index (χ3v) is 5.22. The van der Waals surface area contributed by atoms with Crippen molar-refractivity contribution in [3.63, 3.8) is 0 Å². The first-order valence-corrected chi connectivity index (χ1v) is 9.02. The van der Waals surface area contributed by atoms with Crippen LogP contribution in [0.1, 0.15) is 25.2 Å². The highest BCUT2D eigenvalue weighted by atomic mass is 32.2. The van der Waals surface area contributed by atoms with Crippen LogP contribution < -0.4 is 9.47 Å². The Bertz CT molecular complexity index is 904. The molecule has 0 aliphatic heterocycles. The summed E-state index contributed by atoms with van der Waals surface area (Å²) in [4.78, 5) is 13.9. The first-order chi connectivity index (χ1) is 11.7. The summed E-state index contributed by atoms with van der Waals surface area (Å²) in [7, 11) is -4.30. The van der Waals surface area contributed by atoms with Crippen molar-refractivity contribution < 1.29 is 22.8 Å². The molecule has 1 aromatic heterocycles. The molecule has 2 aromatic rings. The highest BCUT2D eigenvalue weighted by Crippen LogP contribution is 2.35. The van der Waals surface area contributed by atoms with Crippen LogP contribution in [0, 0.1) is 24.0 Å². The van der Waals surface area contributed by atoms with Crippen molar-refractivity contribution in [2.45, 2.75) is 32.6 Å². The molecule has 25 heavy (non-hydrogen) atoms. The molecule has 0 saturated heterocycles. The molecule has 9 nitrogen and oxygen atoms in total. The lowest BCUT2D eigenvalue weighted by Gasteiger charge is -2.14. The Balaban J connectivity index is 2.76. The normalized spacial score (nSPS) is 11.4. The van der Waals surface area contributed by atoms with Crippen molar-refractivity contribution in [2.75, 3.05) is 13.2 Å². The monoisotopic (exact) mass is 369 g/mol. The average molecular weight is 369 g/mol. The van der Waals surface area contributed by atoms with Crippen molar-refractivity contribution in [3.8, 4) is 11.5 Å². The molecule has 1 aromatic carbocycles. The predicted molar refractivity (Wildman–Crippen MR) is 89.7 cm³/mol. The SMILES string of the molecule is CCOc1cc(S(=O)(=O)n2c([N+](=O)[O-])cnc2C)c(OCC)cc1C. The number of hydrogen-bond donors (Lipinski definition) is 0. The van der Waals surface area contributed by atoms with Crippen LogP contribution in [0.4, 0.5) is 5.82 Å². The Morgan fingerprint density at radius 2 is 1.76 bits per heavy atom. The molecular weight excluding hydrogens is 350 g/mol. The van der Waals surface area contributed by atoms with Gasteiger partial charge in [0.2, 0.25) is 5.82 Å². The third-order valence-electron chi connectivity index (χ3n) is 3.42. The molecule has 0 atom stereocenters. The number of imidazole rings is 1. The van der Waals surface area contributed by atoms with Crippen molar-refractivity contribution in [1.29, 1.82) is 0 Å². The van der Waals surface area contributed by atoms with Crippen LogP contribution in [0.2, 0.25) is 0 Å². The zero-order valence-electron chi connectivity index (χ0n) is 14.3. The van der Waals surface area contributed by atoms with Crippen LogP contribution in [0.15, 0.2) is 23.2 Å². The Labute approximate surface area is 145 Å². The Kier molecular flexibility index (Phi) is 5.31. The molecule has 0 radical (unpaired) electrons. The topological polar surface area (TPSA) is 114 Å². The maximum atomic E-state index is 13.1. The fourth-order valence-electron chi connectivity index (χ4n) is 2.36. The van der Waals surface area contributed by atoms with Crippen molar-refractivity contribution in [1.82, 2.24) is 8.96 Å². The highest BCUT2D eigenvalue weighted by molar-refractivity contribution is 7.90. The van der Waals surface area contributed by atoms with Gasteiger partial charge in [-0.15, -0.1) is 0 Å². The second-order valence-electron chi connectivity index (χ2n) is 5.12. The molecular formula is C15H19N3O6S. The van der Waals surface area contributed by atoms with Crippen molar-refractivity contribution in [3.05, 3.63) is 39.8 Å². The number of nitrogens with zero attached hydrogens (tertiary/aromatic N) is 3. The molecule has 10 heteroatoms. The van der Waals surface area contributed by atoms with Crippen LogP contribution in [0.25, 0.3) is 0 Å². The van der Waals surface area contributed by atoms with Gasteiger partial charge in [0.05, 0.1) is 13.2 Å². The molecule has 0 fully saturated rings. The molecule has 0 aliphatic carbocycles. The van der Waals surface area contributed by atoms with E-state index in [2.05, 4.69) is 4.98 Å². The zero-order valence-corrected chi connectivity index (χ0v) is 15.2. The van der Waals surface area contributed by atoms with E-state index < -0.39 is 20.8 Å². The predicted octanol–water partition coefficient (Wildman–Crippen LogP) is 2.44. The van der Waals surface area contributed by atoms with E-state index in [0.717, 1.165) is 6.20 Å². The molecule has 0 spiro atoms. The van der Waals surface area contributed by atoms with Crippen molar-refractivity contribution >= 4 is 15.8 Å². The number of aromatic nitrogens is 2. The van der Waals surface area contributed by atoms with E-state index in [4.69, 9.17) is 9.47 Å². The standard InChI is InChI=1S/C15H19N3O6S/c1-5-23-12-8-14(13(24-6-2)7-10(12)3)25(21,22)17-11(4)16-9-15(17)18(19)20/h7-9H,5-6H2,1-4H3. The highest BCUT2D eigenvalue weighted by Gasteiger charge is 2.34. The lowest BCUT2D eigenvalue weighted by Crippen LogP contribution is -2.18. The Morgan fingerprint density at radius 1 is 1.16 bits per heavy atom. The van der Waals surface area contributed by atoms with Gasteiger partial charge >= 0.3 is 15.8 Å². The Morgan fingerprint density at radius 3 is 2.32 bits per heavy atom. The van der Waals surface area contributed by atoms with E-state index in [-0.39, 0.29) is 23.1 Å². The lowest BCUT2D eigenvalue weighted by atomic mass is 10.2. The maximum Gasteiger partial charge on any atom is 0.358 e. The van der Waals surface area contributed by atoms with Gasteiger partial charge in [-0.2, -0.15) is 8.42 Å². The summed E-state index contributed by atoms with van der Waals surface area (Å²) in [6, 6.07) is 2.86. The molecule has 0 N–H and O–H groups in total. The molecule has 0 unspecified atom stereocenters. The summed E-state index contributed by atoms with van der Waals surface area (Å²) in [5, 5.41) is 11.2. The van der Waals surface area contributed by atoms with Gasteiger partial charge in [-0.3, -0.25) is 0 Å². The van der Waals surface area contributed by atoms with E-state index >= 15 is 0 Å². The fraction of sp³-hybridized carbons (Fsp3) is 0.400. The summed E-state index contributed by atoms with van der Waals surface area (Å²) in [6.07, 6.45) is 0.908. The summed E-state index contributed by atoms with van der Waals surface area (Å²) in [6.45, 7) is 7.21. The van der Waals surface area contributed by atoms with Crippen molar-refractivity contribution in [2.24, 2.45) is 0 Å². The van der Waals surface area contributed by atoms with Gasteiger partial charge in [-0.05, 0) is 37.3 Å². The van der Waals surface area contributed by atoms with Gasteiger partial charge in [-0.25, -0.2) is 4.98 Å². The lowest BCUT2D eigenvalue weighted by molar-refractivity contribution is -0.390. The number of rotatable bonds is 7. The number of nitro groups is 1. The molecule has 0 saturated carbocycles. The number of ether oxygens (including phenoxy) is 2. The van der Waals surface area contributed by atoms with Gasteiger partial charge in [0.25, 0.3) is 0 Å². The van der Waals surface area contributed by atoms with Crippen LogP contribution >= 0.6 is 0 Å². The second kappa shape index (κ2) is 7.09. The fourth-order valence-corrected chi connectivity index (χ4v) is 3.94. The van der Waals surface area contributed by atoms with Gasteiger partial charge in [0.15, 0.2) is 4.90 Å². The second-order valence-corrected chi connectivity index (χ2v) is 6.88. The summed E-state index contributed by atoms with van der Waals surface area (Å²) < 4.78 is 37.7. The quantitative estimate of drug-likeness (QED) is 0.544. The molecule has 2 rings (SSSR count). The maximum absolute atomic E-state index is 13.1. The average Bonchev–Trinajstić information content (AvgIpc) is 2.93. The number of aryl methyl sites for hydroxylation is 2. The summed E-state index contributed by atoms with van der Waals surface area (Å²) in [5.74, 6) is -0.193. The van der Waals surface area contributed by atoms with Gasteiger partial charge in [0, 0.05) is 13.0 Å².